The number of carbonyl (C=O) groups is 1. The van der Waals surface area contributed by atoms with E-state index in [2.05, 4.69) is 4.98 Å². The van der Waals surface area contributed by atoms with Gasteiger partial charge in [0.25, 0.3) is 5.91 Å². The molecule has 7 heteroatoms. The first-order valence-electron chi connectivity index (χ1n) is 8.71. The van der Waals surface area contributed by atoms with E-state index in [0.29, 0.717) is 25.0 Å². The molecule has 0 unspecified atom stereocenters. The lowest BCUT2D eigenvalue weighted by molar-refractivity contribution is -0.122. The molecule has 1 amide bonds. The van der Waals surface area contributed by atoms with E-state index < -0.39 is 0 Å². The van der Waals surface area contributed by atoms with Crippen LogP contribution in [0, 0.1) is 0 Å². The summed E-state index contributed by atoms with van der Waals surface area (Å²) in [4.78, 5) is 19.1. The van der Waals surface area contributed by atoms with Crippen LogP contribution in [0.5, 0.6) is 5.75 Å². The maximum absolute atomic E-state index is 12.9. The van der Waals surface area contributed by atoms with Gasteiger partial charge in [0, 0.05) is 7.11 Å². The van der Waals surface area contributed by atoms with Crippen molar-refractivity contribution in [1.29, 1.82) is 0 Å². The SMILES string of the molecule is CCOc1ccc(N(C(=O)COCCOC)c2nc3ccccc3s2)cc1. The molecule has 2 aromatic carbocycles. The first kappa shape index (κ1) is 19.3. The Morgan fingerprint density at radius 2 is 1.89 bits per heavy atom. The standard InChI is InChI=1S/C20H22N2O4S/c1-3-26-16-10-8-15(9-11-16)22(19(23)14-25-13-12-24-2)20-21-17-6-4-5-7-18(17)27-20/h4-11H,3,12-14H2,1-2H3. The van der Waals surface area contributed by atoms with Crippen LogP contribution in [0.3, 0.4) is 0 Å². The number of nitrogens with zero attached hydrogens (tertiary/aromatic N) is 2. The zero-order valence-electron chi connectivity index (χ0n) is 15.4. The maximum Gasteiger partial charge on any atom is 0.259 e. The van der Waals surface area contributed by atoms with Crippen LogP contribution in [-0.2, 0) is 14.3 Å². The first-order valence-corrected chi connectivity index (χ1v) is 9.52. The molecule has 0 bridgehead atoms. The van der Waals surface area contributed by atoms with Gasteiger partial charge in [0.2, 0.25) is 0 Å². The van der Waals surface area contributed by atoms with Crippen LogP contribution in [0.15, 0.2) is 48.5 Å². The highest BCUT2D eigenvalue weighted by Gasteiger charge is 2.22. The van der Waals surface area contributed by atoms with Crippen LogP contribution in [0.1, 0.15) is 6.92 Å². The summed E-state index contributed by atoms with van der Waals surface area (Å²) >= 11 is 1.47. The molecule has 6 nitrogen and oxygen atoms in total. The highest BCUT2D eigenvalue weighted by molar-refractivity contribution is 7.22. The van der Waals surface area contributed by atoms with Gasteiger partial charge >= 0.3 is 0 Å². The summed E-state index contributed by atoms with van der Waals surface area (Å²) in [5.41, 5.74) is 1.58. The van der Waals surface area contributed by atoms with Gasteiger partial charge in [-0.25, -0.2) is 4.98 Å². The van der Waals surface area contributed by atoms with E-state index in [4.69, 9.17) is 14.2 Å². The number of para-hydroxylation sites is 1. The zero-order valence-corrected chi connectivity index (χ0v) is 16.2. The lowest BCUT2D eigenvalue weighted by Crippen LogP contribution is -2.30. The number of carbonyl (C=O) groups excluding carboxylic acids is 1. The number of rotatable bonds is 9. The average Bonchev–Trinajstić information content (AvgIpc) is 3.10. The number of thiazole rings is 1. The van der Waals surface area contributed by atoms with Crippen LogP contribution >= 0.6 is 11.3 Å². The third-order valence-corrected chi connectivity index (χ3v) is 4.81. The van der Waals surface area contributed by atoms with Gasteiger partial charge in [-0.3, -0.25) is 9.69 Å². The Morgan fingerprint density at radius 3 is 2.59 bits per heavy atom. The zero-order chi connectivity index (χ0) is 19.1. The van der Waals surface area contributed by atoms with Crippen molar-refractivity contribution >= 4 is 38.3 Å². The van der Waals surface area contributed by atoms with Gasteiger partial charge in [-0.05, 0) is 43.3 Å². The molecule has 3 rings (SSSR count). The minimum Gasteiger partial charge on any atom is -0.494 e. The normalized spacial score (nSPS) is 10.9. The Labute approximate surface area is 162 Å². The van der Waals surface area contributed by atoms with Crippen molar-refractivity contribution in [3.8, 4) is 5.75 Å². The largest absolute Gasteiger partial charge is 0.494 e. The van der Waals surface area contributed by atoms with Gasteiger partial charge in [0.05, 0.1) is 35.7 Å². The van der Waals surface area contributed by atoms with E-state index in [1.807, 2.05) is 55.5 Å². The number of hydrogen-bond acceptors (Lipinski definition) is 6. The van der Waals surface area contributed by atoms with Crippen molar-refractivity contribution in [1.82, 2.24) is 4.98 Å². The number of amides is 1. The molecular formula is C20H22N2O4S. The molecule has 0 atom stereocenters. The van der Waals surface area contributed by atoms with Crippen LogP contribution in [0.25, 0.3) is 10.2 Å². The van der Waals surface area contributed by atoms with Crippen LogP contribution in [0.4, 0.5) is 10.8 Å². The highest BCUT2D eigenvalue weighted by Crippen LogP contribution is 2.34. The molecule has 0 aliphatic heterocycles. The summed E-state index contributed by atoms with van der Waals surface area (Å²) in [6.07, 6.45) is 0. The van der Waals surface area contributed by atoms with Gasteiger partial charge in [0.15, 0.2) is 5.13 Å². The third-order valence-electron chi connectivity index (χ3n) is 3.79. The van der Waals surface area contributed by atoms with Crippen molar-refractivity contribution in [2.24, 2.45) is 0 Å². The Morgan fingerprint density at radius 1 is 1.11 bits per heavy atom. The number of hydrogen-bond donors (Lipinski definition) is 0. The van der Waals surface area contributed by atoms with Crippen molar-refractivity contribution < 1.29 is 19.0 Å². The summed E-state index contributed by atoms with van der Waals surface area (Å²) in [5.74, 6) is 0.573. The summed E-state index contributed by atoms with van der Waals surface area (Å²) in [6, 6.07) is 15.2. The van der Waals surface area contributed by atoms with E-state index in [9.17, 15) is 4.79 Å². The number of methoxy groups -OCH3 is 1. The van der Waals surface area contributed by atoms with Crippen molar-refractivity contribution in [2.75, 3.05) is 38.4 Å². The topological polar surface area (TPSA) is 60.9 Å². The fourth-order valence-corrected chi connectivity index (χ4v) is 3.55. The van der Waals surface area contributed by atoms with E-state index in [-0.39, 0.29) is 12.5 Å². The Hall–Kier alpha value is -2.48. The number of ether oxygens (including phenoxy) is 3. The summed E-state index contributed by atoms with van der Waals surface area (Å²) in [7, 11) is 1.60. The summed E-state index contributed by atoms with van der Waals surface area (Å²) in [6.45, 7) is 3.28. The Balaban J connectivity index is 1.89. The van der Waals surface area contributed by atoms with Crippen LogP contribution < -0.4 is 9.64 Å². The van der Waals surface area contributed by atoms with E-state index in [1.54, 1.807) is 12.0 Å². The second kappa shape index (κ2) is 9.45. The highest BCUT2D eigenvalue weighted by atomic mass is 32.1. The molecule has 27 heavy (non-hydrogen) atoms. The maximum atomic E-state index is 12.9. The molecular weight excluding hydrogens is 364 g/mol. The molecule has 0 saturated carbocycles. The molecule has 0 spiro atoms. The van der Waals surface area contributed by atoms with Gasteiger partial charge in [-0.2, -0.15) is 0 Å². The molecule has 1 heterocycles. The second-order valence-corrected chi connectivity index (χ2v) is 6.67. The van der Waals surface area contributed by atoms with E-state index in [1.165, 1.54) is 11.3 Å². The predicted octanol–water partition coefficient (Wildman–Crippen LogP) is 4.02. The Kier molecular flexibility index (Phi) is 6.75. The van der Waals surface area contributed by atoms with Crippen LogP contribution in [-0.4, -0.2) is 44.4 Å². The minimum absolute atomic E-state index is 0.0491. The molecule has 1 aromatic heterocycles. The molecule has 142 valence electrons. The second-order valence-electron chi connectivity index (χ2n) is 5.67. The summed E-state index contributed by atoms with van der Waals surface area (Å²) < 4.78 is 16.9. The molecule has 3 aromatic rings. The fraction of sp³-hybridized carbons (Fsp3) is 0.300. The minimum atomic E-state index is -0.186. The van der Waals surface area contributed by atoms with Gasteiger partial charge < -0.3 is 14.2 Å². The lowest BCUT2D eigenvalue weighted by Gasteiger charge is -2.20. The number of aromatic nitrogens is 1. The predicted molar refractivity (Wildman–Crippen MR) is 107 cm³/mol. The number of anilines is 2. The van der Waals surface area contributed by atoms with E-state index >= 15 is 0 Å². The van der Waals surface area contributed by atoms with Crippen molar-refractivity contribution in [2.45, 2.75) is 6.92 Å². The van der Waals surface area contributed by atoms with Crippen molar-refractivity contribution in [3.63, 3.8) is 0 Å². The fourth-order valence-electron chi connectivity index (χ4n) is 2.54. The number of benzene rings is 2. The quantitative estimate of drug-likeness (QED) is 0.520. The monoisotopic (exact) mass is 386 g/mol. The smallest absolute Gasteiger partial charge is 0.259 e. The lowest BCUT2D eigenvalue weighted by atomic mass is 10.2. The average molecular weight is 386 g/mol. The van der Waals surface area contributed by atoms with Crippen LogP contribution in [0.2, 0.25) is 0 Å². The molecule has 0 aliphatic rings. The molecule has 0 aliphatic carbocycles. The van der Waals surface area contributed by atoms with Gasteiger partial charge in [-0.15, -0.1) is 0 Å². The molecule has 0 fully saturated rings. The van der Waals surface area contributed by atoms with Crippen molar-refractivity contribution in [3.05, 3.63) is 48.5 Å². The molecule has 0 radical (unpaired) electrons. The molecule has 0 N–H and O–H groups in total. The first-order chi connectivity index (χ1) is 13.2. The van der Waals surface area contributed by atoms with Gasteiger partial charge in [-0.1, -0.05) is 23.5 Å². The van der Waals surface area contributed by atoms with Gasteiger partial charge in [0.1, 0.15) is 12.4 Å². The molecule has 0 saturated heterocycles. The Bertz CT molecular complexity index is 846. The number of fused-ring (bicyclic) bond motifs is 1. The van der Waals surface area contributed by atoms with E-state index in [0.717, 1.165) is 21.7 Å². The third kappa shape index (κ3) is 4.82. The summed E-state index contributed by atoms with van der Waals surface area (Å²) in [5, 5.41) is 0.612.